The number of hydrogen-bond acceptors (Lipinski definition) is 3. The summed E-state index contributed by atoms with van der Waals surface area (Å²) in [4.78, 5) is 0. The van der Waals surface area contributed by atoms with Gasteiger partial charge < -0.3 is 10.5 Å². The maximum Gasteiger partial charge on any atom is 0.124 e. The SMILES string of the molecule is COc1ccc(C(=N)N)c(-n2cc(Cl)cn2)c1. The molecule has 2 aromatic rings. The molecule has 0 saturated carbocycles. The van der Waals surface area contributed by atoms with E-state index < -0.39 is 0 Å². The van der Waals surface area contributed by atoms with Crippen molar-refractivity contribution in [3.63, 3.8) is 0 Å². The summed E-state index contributed by atoms with van der Waals surface area (Å²) in [5, 5.41) is 12.1. The van der Waals surface area contributed by atoms with Crippen LogP contribution in [0, 0.1) is 5.41 Å². The second-order valence-electron chi connectivity index (χ2n) is 3.40. The van der Waals surface area contributed by atoms with Gasteiger partial charge in [0.05, 0.1) is 24.0 Å². The van der Waals surface area contributed by atoms with Crippen LogP contribution in [0.4, 0.5) is 0 Å². The predicted molar refractivity (Wildman–Crippen MR) is 66.1 cm³/mol. The standard InChI is InChI=1S/C11H11ClN4O/c1-17-8-2-3-9(11(13)14)10(4-8)16-6-7(12)5-15-16/h2-6H,1H3,(H3,13,14). The predicted octanol–water partition coefficient (Wildman–Crippen LogP) is 1.82. The van der Waals surface area contributed by atoms with Crippen molar-refractivity contribution in [1.29, 1.82) is 5.41 Å². The van der Waals surface area contributed by atoms with Gasteiger partial charge in [0, 0.05) is 17.8 Å². The Kier molecular flexibility index (Phi) is 3.01. The number of aromatic nitrogens is 2. The lowest BCUT2D eigenvalue weighted by atomic mass is 10.1. The summed E-state index contributed by atoms with van der Waals surface area (Å²) in [6.45, 7) is 0. The summed E-state index contributed by atoms with van der Waals surface area (Å²) in [6.07, 6.45) is 3.16. The highest BCUT2D eigenvalue weighted by atomic mass is 35.5. The Morgan fingerprint density at radius 1 is 1.53 bits per heavy atom. The minimum Gasteiger partial charge on any atom is -0.497 e. The molecule has 0 fully saturated rings. The Bertz CT molecular complexity index is 564. The van der Waals surface area contributed by atoms with Gasteiger partial charge in [0.15, 0.2) is 0 Å². The molecule has 1 aromatic carbocycles. The quantitative estimate of drug-likeness (QED) is 0.644. The molecule has 0 aliphatic rings. The Morgan fingerprint density at radius 2 is 2.29 bits per heavy atom. The van der Waals surface area contributed by atoms with Crippen molar-refractivity contribution < 1.29 is 4.74 Å². The molecule has 1 heterocycles. The van der Waals surface area contributed by atoms with Crippen molar-refractivity contribution >= 4 is 17.4 Å². The summed E-state index contributed by atoms with van der Waals surface area (Å²) in [5.74, 6) is 0.630. The van der Waals surface area contributed by atoms with Crippen LogP contribution in [0.15, 0.2) is 30.6 Å². The Labute approximate surface area is 103 Å². The molecule has 0 aliphatic heterocycles. The molecular weight excluding hydrogens is 240 g/mol. The zero-order valence-electron chi connectivity index (χ0n) is 9.14. The zero-order valence-corrected chi connectivity index (χ0v) is 9.90. The molecular formula is C11H11ClN4O. The van der Waals surface area contributed by atoms with E-state index in [2.05, 4.69) is 5.10 Å². The molecule has 0 bridgehead atoms. The molecule has 5 nitrogen and oxygen atoms in total. The van der Waals surface area contributed by atoms with Gasteiger partial charge in [0.1, 0.15) is 11.6 Å². The third kappa shape index (κ3) is 2.24. The van der Waals surface area contributed by atoms with Gasteiger partial charge in [-0.2, -0.15) is 5.10 Å². The Hall–Kier alpha value is -2.01. The van der Waals surface area contributed by atoms with Crippen LogP contribution in [0.5, 0.6) is 5.75 Å². The van der Waals surface area contributed by atoms with E-state index in [4.69, 9.17) is 27.5 Å². The lowest BCUT2D eigenvalue weighted by Gasteiger charge is -2.10. The van der Waals surface area contributed by atoms with Crippen LogP contribution >= 0.6 is 11.6 Å². The number of methoxy groups -OCH3 is 1. The number of halogens is 1. The molecule has 88 valence electrons. The van der Waals surface area contributed by atoms with Crippen LogP contribution in [0.2, 0.25) is 5.02 Å². The molecule has 17 heavy (non-hydrogen) atoms. The van der Waals surface area contributed by atoms with Crippen molar-refractivity contribution in [3.05, 3.63) is 41.2 Å². The maximum absolute atomic E-state index is 7.52. The van der Waals surface area contributed by atoms with Crippen LogP contribution in [-0.2, 0) is 0 Å². The zero-order chi connectivity index (χ0) is 12.4. The summed E-state index contributed by atoms with van der Waals surface area (Å²) >= 11 is 5.82. The van der Waals surface area contributed by atoms with E-state index in [1.165, 1.54) is 6.20 Å². The van der Waals surface area contributed by atoms with Crippen LogP contribution in [0.1, 0.15) is 5.56 Å². The summed E-state index contributed by atoms with van der Waals surface area (Å²) in [7, 11) is 1.57. The largest absolute Gasteiger partial charge is 0.497 e. The molecule has 0 unspecified atom stereocenters. The molecule has 6 heteroatoms. The van der Waals surface area contributed by atoms with Crippen molar-refractivity contribution in [2.24, 2.45) is 5.73 Å². The molecule has 0 radical (unpaired) electrons. The van der Waals surface area contributed by atoms with Gasteiger partial charge in [-0.3, -0.25) is 5.41 Å². The summed E-state index contributed by atoms with van der Waals surface area (Å²) in [6, 6.07) is 5.21. The highest BCUT2D eigenvalue weighted by Crippen LogP contribution is 2.21. The van der Waals surface area contributed by atoms with E-state index in [0.717, 1.165) is 0 Å². The summed E-state index contributed by atoms with van der Waals surface area (Å²) < 4.78 is 6.69. The van der Waals surface area contributed by atoms with Crippen molar-refractivity contribution in [1.82, 2.24) is 9.78 Å². The van der Waals surface area contributed by atoms with Gasteiger partial charge in [0.25, 0.3) is 0 Å². The Morgan fingerprint density at radius 3 is 2.82 bits per heavy atom. The molecule has 0 amide bonds. The van der Waals surface area contributed by atoms with Crippen LogP contribution in [-0.4, -0.2) is 22.7 Å². The van der Waals surface area contributed by atoms with Crippen molar-refractivity contribution in [2.75, 3.05) is 7.11 Å². The number of rotatable bonds is 3. The average molecular weight is 251 g/mol. The lowest BCUT2D eigenvalue weighted by Crippen LogP contribution is -2.15. The first-order valence-electron chi connectivity index (χ1n) is 4.85. The smallest absolute Gasteiger partial charge is 0.124 e. The van der Waals surface area contributed by atoms with E-state index >= 15 is 0 Å². The number of nitrogens with two attached hydrogens (primary N) is 1. The number of ether oxygens (including phenoxy) is 1. The second-order valence-corrected chi connectivity index (χ2v) is 3.84. The van der Waals surface area contributed by atoms with Gasteiger partial charge in [-0.1, -0.05) is 11.6 Å². The van der Waals surface area contributed by atoms with Crippen LogP contribution < -0.4 is 10.5 Å². The molecule has 0 aliphatic carbocycles. The molecule has 1 aromatic heterocycles. The molecule has 0 saturated heterocycles. The van der Waals surface area contributed by atoms with E-state index in [-0.39, 0.29) is 5.84 Å². The normalized spacial score (nSPS) is 10.2. The molecule has 0 atom stereocenters. The highest BCUT2D eigenvalue weighted by molar-refractivity contribution is 6.30. The fraction of sp³-hybridized carbons (Fsp3) is 0.0909. The minimum atomic E-state index is -0.0331. The number of nitrogen functional groups attached to an aromatic ring is 1. The van der Waals surface area contributed by atoms with E-state index in [9.17, 15) is 0 Å². The fourth-order valence-corrected chi connectivity index (χ4v) is 1.62. The number of nitrogens with one attached hydrogen (secondary N) is 1. The van der Waals surface area contributed by atoms with Gasteiger partial charge >= 0.3 is 0 Å². The third-order valence-corrected chi connectivity index (χ3v) is 2.49. The molecule has 2 rings (SSSR count). The second kappa shape index (κ2) is 4.47. The first-order valence-corrected chi connectivity index (χ1v) is 5.22. The van der Waals surface area contributed by atoms with E-state index in [1.807, 2.05) is 0 Å². The number of benzene rings is 1. The minimum absolute atomic E-state index is 0.0331. The van der Waals surface area contributed by atoms with Gasteiger partial charge in [0.2, 0.25) is 0 Å². The number of hydrogen-bond donors (Lipinski definition) is 2. The number of amidine groups is 1. The first-order chi connectivity index (χ1) is 8.11. The van der Waals surface area contributed by atoms with Crippen LogP contribution in [0.3, 0.4) is 0 Å². The van der Waals surface area contributed by atoms with Gasteiger partial charge in [-0.25, -0.2) is 4.68 Å². The fourth-order valence-electron chi connectivity index (χ4n) is 1.49. The highest BCUT2D eigenvalue weighted by Gasteiger charge is 2.10. The molecule has 0 spiro atoms. The van der Waals surface area contributed by atoms with Gasteiger partial charge in [-0.15, -0.1) is 0 Å². The molecule has 3 N–H and O–H groups in total. The van der Waals surface area contributed by atoms with Crippen molar-refractivity contribution in [2.45, 2.75) is 0 Å². The third-order valence-electron chi connectivity index (χ3n) is 2.29. The maximum atomic E-state index is 7.52. The first kappa shape index (κ1) is 11.5. The topological polar surface area (TPSA) is 76.9 Å². The van der Waals surface area contributed by atoms with Gasteiger partial charge in [-0.05, 0) is 12.1 Å². The lowest BCUT2D eigenvalue weighted by molar-refractivity contribution is 0.414. The van der Waals surface area contributed by atoms with Crippen molar-refractivity contribution in [3.8, 4) is 11.4 Å². The number of nitrogens with zero attached hydrogens (tertiary/aromatic N) is 2. The average Bonchev–Trinajstić information content (AvgIpc) is 2.75. The Balaban J connectivity index is 2.60. The van der Waals surface area contributed by atoms with E-state index in [0.29, 0.717) is 22.0 Å². The van der Waals surface area contributed by atoms with E-state index in [1.54, 1.807) is 36.2 Å². The van der Waals surface area contributed by atoms with Crippen LogP contribution in [0.25, 0.3) is 5.69 Å². The summed E-state index contributed by atoms with van der Waals surface area (Å²) in [5.41, 5.74) is 6.75. The monoisotopic (exact) mass is 250 g/mol.